The van der Waals surface area contributed by atoms with Crippen LogP contribution in [0.3, 0.4) is 0 Å². The van der Waals surface area contributed by atoms with Gasteiger partial charge in [-0.15, -0.1) is 0 Å². The van der Waals surface area contributed by atoms with E-state index in [1.54, 1.807) is 4.90 Å². The molecule has 100 valence electrons. The van der Waals surface area contributed by atoms with Crippen molar-refractivity contribution in [3.05, 3.63) is 0 Å². The molecule has 1 aliphatic heterocycles. The van der Waals surface area contributed by atoms with Crippen molar-refractivity contribution in [1.29, 1.82) is 0 Å². The quantitative estimate of drug-likeness (QED) is 0.752. The number of nitrogens with two attached hydrogens (primary N) is 1. The van der Waals surface area contributed by atoms with Gasteiger partial charge < -0.3 is 10.6 Å². The molecule has 0 bridgehead atoms. The fourth-order valence-corrected chi connectivity index (χ4v) is 2.58. The number of amides is 1. The Morgan fingerprint density at radius 3 is 2.71 bits per heavy atom. The smallest absolute Gasteiger partial charge is 0.223 e. The summed E-state index contributed by atoms with van der Waals surface area (Å²) in [6.07, 6.45) is 2.79. The van der Waals surface area contributed by atoms with E-state index in [-0.39, 0.29) is 5.91 Å². The minimum atomic E-state index is 0.241. The van der Waals surface area contributed by atoms with E-state index >= 15 is 0 Å². The number of carbonyl (C=O) groups excluding carboxylic acids is 1. The second-order valence-corrected chi connectivity index (χ2v) is 5.39. The molecule has 0 aromatic heterocycles. The number of hydrogen-bond acceptors (Lipinski definition) is 3. The summed E-state index contributed by atoms with van der Waals surface area (Å²) in [7, 11) is 1.87. The van der Waals surface area contributed by atoms with Crippen molar-refractivity contribution in [3.63, 3.8) is 0 Å². The van der Waals surface area contributed by atoms with Crippen molar-refractivity contribution < 1.29 is 4.79 Å². The first kappa shape index (κ1) is 14.5. The van der Waals surface area contributed by atoms with Crippen LogP contribution in [-0.2, 0) is 4.79 Å². The topological polar surface area (TPSA) is 49.6 Å². The molecule has 1 heterocycles. The van der Waals surface area contributed by atoms with E-state index in [4.69, 9.17) is 5.73 Å². The summed E-state index contributed by atoms with van der Waals surface area (Å²) in [5.74, 6) is 1.01. The summed E-state index contributed by atoms with van der Waals surface area (Å²) in [6, 6.07) is 0.632. The van der Waals surface area contributed by atoms with Crippen molar-refractivity contribution in [2.75, 3.05) is 33.2 Å². The molecule has 1 amide bonds. The van der Waals surface area contributed by atoms with Crippen LogP contribution in [0.2, 0.25) is 0 Å². The molecule has 1 rings (SSSR count). The van der Waals surface area contributed by atoms with Crippen LogP contribution in [0.25, 0.3) is 0 Å². The third kappa shape index (κ3) is 4.64. The molecule has 4 nitrogen and oxygen atoms in total. The summed E-state index contributed by atoms with van der Waals surface area (Å²) in [5.41, 5.74) is 5.44. The highest BCUT2D eigenvalue weighted by molar-refractivity contribution is 5.76. The normalized spacial score (nSPS) is 25.2. The van der Waals surface area contributed by atoms with E-state index in [0.29, 0.717) is 19.0 Å². The SMILES string of the molecule is CC1CC(C)N(CCC(=O)N(C)CCCN)C1. The Labute approximate surface area is 105 Å². The molecule has 2 unspecified atom stereocenters. The lowest BCUT2D eigenvalue weighted by Gasteiger charge is -2.22. The Morgan fingerprint density at radius 2 is 2.18 bits per heavy atom. The number of rotatable bonds is 6. The summed E-state index contributed by atoms with van der Waals surface area (Å²) >= 11 is 0. The van der Waals surface area contributed by atoms with Crippen LogP contribution in [0.1, 0.15) is 33.1 Å². The highest BCUT2D eigenvalue weighted by atomic mass is 16.2. The Kier molecular flexibility index (Phi) is 5.92. The van der Waals surface area contributed by atoms with E-state index in [0.717, 1.165) is 32.0 Å². The minimum Gasteiger partial charge on any atom is -0.346 e. The maximum Gasteiger partial charge on any atom is 0.223 e. The molecule has 0 radical (unpaired) electrons. The predicted molar refractivity (Wildman–Crippen MR) is 70.7 cm³/mol. The zero-order valence-electron chi connectivity index (χ0n) is 11.5. The van der Waals surface area contributed by atoms with Gasteiger partial charge in [0.25, 0.3) is 0 Å². The maximum atomic E-state index is 11.9. The lowest BCUT2D eigenvalue weighted by Crippen LogP contribution is -2.34. The summed E-state index contributed by atoms with van der Waals surface area (Å²) < 4.78 is 0. The molecule has 1 aliphatic rings. The van der Waals surface area contributed by atoms with Gasteiger partial charge in [-0.3, -0.25) is 9.69 Å². The van der Waals surface area contributed by atoms with Gasteiger partial charge in [0, 0.05) is 39.1 Å². The average molecular weight is 241 g/mol. The molecule has 1 fully saturated rings. The lowest BCUT2D eigenvalue weighted by molar-refractivity contribution is -0.130. The van der Waals surface area contributed by atoms with Crippen molar-refractivity contribution in [3.8, 4) is 0 Å². The van der Waals surface area contributed by atoms with Gasteiger partial charge in [-0.2, -0.15) is 0 Å². The first-order chi connectivity index (χ1) is 8.04. The third-order valence-electron chi connectivity index (χ3n) is 3.65. The van der Waals surface area contributed by atoms with Crippen LogP contribution >= 0.6 is 0 Å². The zero-order valence-corrected chi connectivity index (χ0v) is 11.5. The number of likely N-dealkylation sites (tertiary alicyclic amines) is 1. The highest BCUT2D eigenvalue weighted by Crippen LogP contribution is 2.22. The molecule has 0 aliphatic carbocycles. The van der Waals surface area contributed by atoms with Crippen LogP contribution in [0.4, 0.5) is 0 Å². The Balaban J connectivity index is 2.23. The first-order valence-electron chi connectivity index (χ1n) is 6.72. The van der Waals surface area contributed by atoms with Gasteiger partial charge in [0.1, 0.15) is 0 Å². The fraction of sp³-hybridized carbons (Fsp3) is 0.923. The lowest BCUT2D eigenvalue weighted by atomic mass is 10.1. The number of nitrogens with zero attached hydrogens (tertiary/aromatic N) is 2. The summed E-state index contributed by atoms with van der Waals surface area (Å²) in [6.45, 7) is 8.01. The van der Waals surface area contributed by atoms with E-state index < -0.39 is 0 Å². The Morgan fingerprint density at radius 1 is 1.47 bits per heavy atom. The van der Waals surface area contributed by atoms with Gasteiger partial charge in [0.15, 0.2) is 0 Å². The molecule has 4 heteroatoms. The first-order valence-corrected chi connectivity index (χ1v) is 6.72. The maximum absolute atomic E-state index is 11.9. The largest absolute Gasteiger partial charge is 0.346 e. The van der Waals surface area contributed by atoms with Crippen LogP contribution < -0.4 is 5.73 Å². The van der Waals surface area contributed by atoms with E-state index in [1.807, 2.05) is 7.05 Å². The monoisotopic (exact) mass is 241 g/mol. The molecular formula is C13H27N3O. The van der Waals surface area contributed by atoms with Crippen LogP contribution in [0.15, 0.2) is 0 Å². The Hall–Kier alpha value is -0.610. The van der Waals surface area contributed by atoms with Crippen LogP contribution in [-0.4, -0.2) is 55.0 Å². The minimum absolute atomic E-state index is 0.241. The molecule has 0 aromatic carbocycles. The van der Waals surface area contributed by atoms with Crippen molar-refractivity contribution in [2.45, 2.75) is 39.2 Å². The van der Waals surface area contributed by atoms with Crippen molar-refractivity contribution in [2.24, 2.45) is 11.7 Å². The second kappa shape index (κ2) is 6.97. The molecule has 2 atom stereocenters. The molecule has 2 N–H and O–H groups in total. The van der Waals surface area contributed by atoms with Crippen molar-refractivity contribution in [1.82, 2.24) is 9.80 Å². The van der Waals surface area contributed by atoms with Crippen LogP contribution in [0.5, 0.6) is 0 Å². The van der Waals surface area contributed by atoms with Gasteiger partial charge in [-0.25, -0.2) is 0 Å². The van der Waals surface area contributed by atoms with E-state index in [2.05, 4.69) is 18.7 Å². The van der Waals surface area contributed by atoms with Gasteiger partial charge in [-0.05, 0) is 32.2 Å². The summed E-state index contributed by atoms with van der Waals surface area (Å²) in [4.78, 5) is 16.1. The third-order valence-corrected chi connectivity index (χ3v) is 3.65. The molecule has 17 heavy (non-hydrogen) atoms. The van der Waals surface area contributed by atoms with E-state index in [1.165, 1.54) is 6.42 Å². The van der Waals surface area contributed by atoms with Crippen molar-refractivity contribution >= 4 is 5.91 Å². The average Bonchev–Trinajstić information content (AvgIpc) is 2.61. The van der Waals surface area contributed by atoms with E-state index in [9.17, 15) is 4.79 Å². The second-order valence-electron chi connectivity index (χ2n) is 5.39. The molecular weight excluding hydrogens is 214 g/mol. The molecule has 0 aromatic rings. The standard InChI is InChI=1S/C13H27N3O/c1-11-9-12(2)16(10-11)8-5-13(17)15(3)7-4-6-14/h11-12H,4-10,14H2,1-3H3. The molecule has 1 saturated heterocycles. The Bertz CT molecular complexity index is 245. The van der Waals surface area contributed by atoms with Gasteiger partial charge in [0.2, 0.25) is 5.91 Å². The zero-order chi connectivity index (χ0) is 12.8. The number of hydrogen-bond donors (Lipinski definition) is 1. The highest BCUT2D eigenvalue weighted by Gasteiger charge is 2.26. The van der Waals surface area contributed by atoms with Gasteiger partial charge in [0.05, 0.1) is 0 Å². The van der Waals surface area contributed by atoms with Crippen LogP contribution in [0, 0.1) is 5.92 Å². The fourth-order valence-electron chi connectivity index (χ4n) is 2.58. The molecule has 0 spiro atoms. The van der Waals surface area contributed by atoms with Gasteiger partial charge >= 0.3 is 0 Å². The van der Waals surface area contributed by atoms with Gasteiger partial charge in [-0.1, -0.05) is 6.92 Å². The predicted octanol–water partition coefficient (Wildman–Crippen LogP) is 0.914. The summed E-state index contributed by atoms with van der Waals surface area (Å²) in [5, 5.41) is 0. The number of carbonyl (C=O) groups is 1. The molecule has 0 saturated carbocycles.